The number of carbonyl (C=O) groups excluding carboxylic acids is 1. The van der Waals surface area contributed by atoms with Gasteiger partial charge in [-0.1, -0.05) is 0 Å². The molecular weight excluding hydrogens is 853 g/mol. The maximum absolute atomic E-state index is 15.7. The van der Waals surface area contributed by atoms with E-state index in [0.717, 1.165) is 9.13 Å². The lowest BCUT2D eigenvalue weighted by Gasteiger charge is -2.51. The van der Waals surface area contributed by atoms with Crippen LogP contribution in [0.1, 0.15) is 104 Å². The smallest absolute Gasteiger partial charge is 0.431 e. The van der Waals surface area contributed by atoms with E-state index in [1.807, 2.05) is 47.3 Å². The molecule has 4 aliphatic heterocycles. The summed E-state index contributed by atoms with van der Waals surface area (Å²) in [6.45, 7) is 12.3. The Bertz CT molecular complexity index is 2280. The molecule has 0 bridgehead atoms. The van der Waals surface area contributed by atoms with Crippen LogP contribution in [0.2, 0.25) is 0 Å². The molecule has 8 heterocycles. The van der Waals surface area contributed by atoms with Crippen LogP contribution in [0.15, 0.2) is 24.3 Å². The molecule has 4 aromatic rings. The highest BCUT2D eigenvalue weighted by molar-refractivity contribution is 6.13. The number of carbonyl (C=O) groups is 1. The van der Waals surface area contributed by atoms with E-state index in [2.05, 4.69) is 0 Å². The molecule has 64 heavy (non-hydrogen) atoms. The molecule has 0 amide bonds. The Morgan fingerprint density at radius 1 is 0.594 bits per heavy atom. The zero-order chi connectivity index (χ0) is 46.4. The molecule has 19 heteroatoms. The minimum absolute atomic E-state index is 0.00265. The average molecular weight is 907 g/mol. The summed E-state index contributed by atoms with van der Waals surface area (Å²) in [7, 11) is 3.58. The molecule has 0 aliphatic carbocycles. The third kappa shape index (κ3) is 7.66. The monoisotopic (exact) mass is 906 g/mol. The van der Waals surface area contributed by atoms with Gasteiger partial charge in [0.05, 0.1) is 57.4 Å². The Morgan fingerprint density at radius 2 is 0.938 bits per heavy atom. The van der Waals surface area contributed by atoms with Gasteiger partial charge < -0.3 is 28.4 Å². The number of aromatic nitrogens is 4. The quantitative estimate of drug-likeness (QED) is 0.128. The number of ketones is 1. The number of hydrogen-bond acceptors (Lipinski definition) is 9. The van der Waals surface area contributed by atoms with Gasteiger partial charge in [-0.2, -0.15) is 26.3 Å². The second kappa shape index (κ2) is 16.2. The zero-order valence-electron chi connectivity index (χ0n) is 37.3. The first kappa shape index (κ1) is 45.7. The van der Waals surface area contributed by atoms with Gasteiger partial charge in [-0.15, -0.1) is 0 Å². The molecule has 0 radical (unpaired) electrons. The fourth-order valence-electron chi connectivity index (χ4n) is 10.5. The summed E-state index contributed by atoms with van der Waals surface area (Å²) in [4.78, 5) is 32.7. The van der Waals surface area contributed by atoms with E-state index in [9.17, 15) is 26.3 Å². The highest BCUT2D eigenvalue weighted by Gasteiger charge is 2.51. The normalized spacial score (nSPS) is 19.2. The van der Waals surface area contributed by atoms with Crippen LogP contribution in [0.5, 0.6) is 11.5 Å². The minimum atomic E-state index is -4.73. The molecular formula is C45H54F8N8O3. The summed E-state index contributed by atoms with van der Waals surface area (Å²) < 4.78 is 130. The van der Waals surface area contributed by atoms with Gasteiger partial charge >= 0.3 is 12.4 Å². The second-order valence-corrected chi connectivity index (χ2v) is 18.2. The zero-order valence-corrected chi connectivity index (χ0v) is 37.3. The van der Waals surface area contributed by atoms with Crippen LogP contribution < -0.4 is 19.3 Å². The first-order valence-corrected chi connectivity index (χ1v) is 21.7. The summed E-state index contributed by atoms with van der Waals surface area (Å²) >= 11 is 0. The molecule has 0 aromatic carbocycles. The number of anilines is 2. The minimum Gasteiger partial charge on any atom is -0.489 e. The van der Waals surface area contributed by atoms with Gasteiger partial charge in [0, 0.05) is 76.6 Å². The largest absolute Gasteiger partial charge is 0.489 e. The van der Waals surface area contributed by atoms with Crippen LogP contribution in [-0.4, -0.2) is 100 Å². The Kier molecular flexibility index (Phi) is 11.6. The first-order valence-electron chi connectivity index (χ1n) is 21.7. The fourth-order valence-corrected chi connectivity index (χ4v) is 10.5. The average Bonchev–Trinajstić information content (AvgIpc) is 3.77. The van der Waals surface area contributed by atoms with E-state index in [4.69, 9.17) is 19.4 Å². The van der Waals surface area contributed by atoms with E-state index in [-0.39, 0.29) is 113 Å². The van der Waals surface area contributed by atoms with Crippen LogP contribution in [0.25, 0.3) is 0 Å². The maximum atomic E-state index is 15.7. The summed E-state index contributed by atoms with van der Waals surface area (Å²) in [6.07, 6.45) is -9.00. The maximum Gasteiger partial charge on any atom is 0.431 e. The molecule has 2 saturated heterocycles. The lowest BCUT2D eigenvalue weighted by atomic mass is 9.81. The van der Waals surface area contributed by atoms with Crippen LogP contribution in [-0.2, 0) is 36.5 Å². The van der Waals surface area contributed by atoms with Gasteiger partial charge in [0.2, 0.25) is 5.78 Å². The number of nitrogens with zero attached hydrogens (tertiary/aromatic N) is 8. The van der Waals surface area contributed by atoms with Crippen LogP contribution in [0.4, 0.5) is 46.5 Å². The molecule has 0 atom stereocenters. The van der Waals surface area contributed by atoms with Crippen molar-refractivity contribution in [3.8, 4) is 11.5 Å². The van der Waals surface area contributed by atoms with E-state index in [1.165, 1.54) is 0 Å². The topological polar surface area (TPSA) is 84.1 Å². The summed E-state index contributed by atoms with van der Waals surface area (Å²) in [6, 6.07) is 4.65. The predicted molar refractivity (Wildman–Crippen MR) is 223 cm³/mol. The first-order chi connectivity index (χ1) is 30.0. The van der Waals surface area contributed by atoms with Crippen molar-refractivity contribution in [1.82, 2.24) is 28.9 Å². The lowest BCUT2D eigenvalue weighted by molar-refractivity contribution is -0.145. The van der Waals surface area contributed by atoms with E-state index >= 15 is 13.6 Å². The van der Waals surface area contributed by atoms with Crippen molar-refractivity contribution < 1.29 is 49.4 Å². The van der Waals surface area contributed by atoms with Crippen LogP contribution in [0, 0.1) is 25.5 Å². The number of fused-ring (bicyclic) bond motifs is 4. The number of ether oxygens (including phenoxy) is 2. The Labute approximate surface area is 366 Å². The van der Waals surface area contributed by atoms with Crippen LogP contribution in [0.3, 0.4) is 0 Å². The van der Waals surface area contributed by atoms with Crippen LogP contribution >= 0.6 is 0 Å². The molecule has 11 nitrogen and oxygen atoms in total. The lowest BCUT2D eigenvalue weighted by Crippen LogP contribution is -2.56. The number of pyridine rings is 2. The summed E-state index contributed by atoms with van der Waals surface area (Å²) in [5.41, 5.74) is -2.31. The van der Waals surface area contributed by atoms with Crippen molar-refractivity contribution in [3.63, 3.8) is 0 Å². The number of halogens is 8. The predicted octanol–water partition coefficient (Wildman–Crippen LogP) is 8.70. The van der Waals surface area contributed by atoms with Crippen molar-refractivity contribution in [2.45, 2.75) is 116 Å². The molecule has 8 rings (SSSR count). The molecule has 4 aromatic heterocycles. The highest BCUT2D eigenvalue weighted by atomic mass is 19.4. The Morgan fingerprint density at radius 3 is 1.25 bits per heavy atom. The van der Waals surface area contributed by atoms with E-state index in [1.54, 1.807) is 40.1 Å². The third-order valence-electron chi connectivity index (χ3n) is 13.7. The highest BCUT2D eigenvalue weighted by Crippen LogP contribution is 2.49. The molecule has 348 valence electrons. The van der Waals surface area contributed by atoms with Crippen molar-refractivity contribution in [2.75, 3.05) is 63.2 Å². The van der Waals surface area contributed by atoms with Gasteiger partial charge in [-0.05, 0) is 81.3 Å². The van der Waals surface area contributed by atoms with Gasteiger partial charge in [0.15, 0.2) is 0 Å². The number of aryl methyl sites for hydroxylation is 2. The molecule has 0 unspecified atom stereocenters. The second-order valence-electron chi connectivity index (χ2n) is 18.2. The number of piperidine rings is 2. The van der Waals surface area contributed by atoms with Gasteiger partial charge in [0.25, 0.3) is 0 Å². The molecule has 0 saturated carbocycles. The van der Waals surface area contributed by atoms with Crippen molar-refractivity contribution in [1.29, 1.82) is 0 Å². The fraction of sp³-hybridized carbons (Fsp3) is 0.578. The number of rotatable bonds is 8. The number of likely N-dealkylation sites (N-methyl/N-ethyl adjacent to an activating group) is 2. The summed E-state index contributed by atoms with van der Waals surface area (Å²) in [5.74, 6) is -1.48. The Hall–Kier alpha value is -4.91. The summed E-state index contributed by atoms with van der Waals surface area (Å²) in [5, 5.41) is 0. The standard InChI is InChI=1S/C45H54F8N8O3/c1-25(2)63-33-23-31(58-13-9-42(10-14-58)40-29(46)21-35(44(48,49)50)60(40)19-17-56(42)7)37(54-27(33)5)39(62)38-32(24-34(28(6)55-38)64-26(3)4)59-15-11-43(12-16-59)41-30(47)22-36(45(51,52)53)61(41)20-18-57(43)8/h21-26H,9-20H2,1-8H3. The Balaban J connectivity index is 1.17. The van der Waals surface area contributed by atoms with Gasteiger partial charge in [-0.25, -0.2) is 18.7 Å². The molecule has 4 aliphatic rings. The van der Waals surface area contributed by atoms with Gasteiger partial charge in [-0.3, -0.25) is 14.6 Å². The van der Waals surface area contributed by atoms with Crippen molar-refractivity contribution in [2.24, 2.45) is 0 Å². The molecule has 2 spiro atoms. The third-order valence-corrected chi connectivity index (χ3v) is 13.7. The van der Waals surface area contributed by atoms with Crippen molar-refractivity contribution in [3.05, 3.63) is 81.5 Å². The van der Waals surface area contributed by atoms with E-state index < -0.39 is 52.2 Å². The van der Waals surface area contributed by atoms with Gasteiger partial charge in [0.1, 0.15) is 45.9 Å². The van der Waals surface area contributed by atoms with Crippen molar-refractivity contribution >= 4 is 17.2 Å². The molecule has 2 fully saturated rings. The number of alkyl halides is 6. The van der Waals surface area contributed by atoms with E-state index in [0.29, 0.717) is 46.4 Å². The number of hydrogen-bond donors (Lipinski definition) is 0. The molecule has 0 N–H and O–H groups in total. The SMILES string of the molecule is Cc1nc(C(=O)c2nc(C)c(OC(C)C)cc2N2CCC3(CC2)c2c(F)cc(C(F)(F)F)n2CCN3C)c(N2CCC3(CC2)c2c(F)cc(C(F)(F)F)n2CCN3C)cc1OC(C)C.